The van der Waals surface area contributed by atoms with E-state index in [-0.39, 0.29) is 0 Å². The van der Waals surface area contributed by atoms with Crippen LogP contribution in [0.1, 0.15) is 12.1 Å². The average molecular weight is 229 g/mol. The first-order chi connectivity index (χ1) is 7.75. The van der Waals surface area contributed by atoms with Crippen LogP contribution in [-0.2, 0) is 0 Å². The number of rotatable bonds is 1. The maximum absolute atomic E-state index is 4.94. The van der Waals surface area contributed by atoms with Crippen LogP contribution in [0.25, 0.3) is 5.57 Å². The summed E-state index contributed by atoms with van der Waals surface area (Å²) >= 11 is 4.94. The van der Waals surface area contributed by atoms with Crippen LogP contribution in [0.5, 0.6) is 0 Å². The lowest BCUT2D eigenvalue weighted by Crippen LogP contribution is -1.93. The summed E-state index contributed by atoms with van der Waals surface area (Å²) in [5.41, 5.74) is 2.86. The fourth-order valence-corrected chi connectivity index (χ4v) is 1.52. The van der Waals surface area contributed by atoms with E-state index in [0.29, 0.717) is 4.77 Å². The van der Waals surface area contributed by atoms with Crippen LogP contribution in [-0.4, -0.2) is 15.2 Å². The highest BCUT2D eigenvalue weighted by molar-refractivity contribution is 7.71. The van der Waals surface area contributed by atoms with Gasteiger partial charge < -0.3 is 0 Å². The third-order valence-corrected chi connectivity index (χ3v) is 2.33. The zero-order valence-electron chi connectivity index (χ0n) is 8.68. The van der Waals surface area contributed by atoms with Crippen LogP contribution >= 0.6 is 12.2 Å². The second kappa shape index (κ2) is 4.81. The number of hydrogen-bond acceptors (Lipinski definition) is 3. The van der Waals surface area contributed by atoms with E-state index in [1.165, 1.54) is 0 Å². The van der Waals surface area contributed by atoms with Crippen molar-refractivity contribution < 1.29 is 0 Å². The van der Waals surface area contributed by atoms with Gasteiger partial charge in [-0.2, -0.15) is 5.10 Å². The molecule has 16 heavy (non-hydrogen) atoms. The van der Waals surface area contributed by atoms with Crippen molar-refractivity contribution in [3.63, 3.8) is 0 Å². The van der Waals surface area contributed by atoms with Crippen molar-refractivity contribution in [2.45, 2.75) is 6.42 Å². The molecule has 0 saturated carbocycles. The second-order valence-electron chi connectivity index (χ2n) is 3.42. The lowest BCUT2D eigenvalue weighted by Gasteiger charge is -2.02. The number of allylic oxidation sites excluding steroid dienone is 7. The van der Waals surface area contributed by atoms with Gasteiger partial charge >= 0.3 is 0 Å². The molecule has 0 amide bonds. The van der Waals surface area contributed by atoms with Crippen LogP contribution in [0.2, 0.25) is 0 Å². The zero-order valence-corrected chi connectivity index (χ0v) is 9.50. The molecule has 1 heterocycles. The Morgan fingerprint density at radius 2 is 2.25 bits per heavy atom. The molecule has 3 nitrogen and oxygen atoms in total. The number of nitrogens with one attached hydrogen (secondary N) is 1. The highest BCUT2D eigenvalue weighted by Crippen LogP contribution is 2.16. The first-order valence-corrected chi connectivity index (χ1v) is 5.31. The first-order valence-electron chi connectivity index (χ1n) is 4.90. The van der Waals surface area contributed by atoms with Crippen LogP contribution in [0, 0.1) is 4.77 Å². The highest BCUT2D eigenvalue weighted by atomic mass is 32.1. The Kier molecular flexibility index (Phi) is 3.22. The number of aromatic amines is 1. The highest BCUT2D eigenvalue weighted by Gasteiger charge is 2.00. The van der Waals surface area contributed by atoms with Gasteiger partial charge in [0.1, 0.15) is 0 Å². The fraction of sp³-hybridized carbons (Fsp3) is 0.0833. The summed E-state index contributed by atoms with van der Waals surface area (Å²) < 4.78 is 0.391. The molecule has 1 aromatic rings. The molecule has 1 aliphatic rings. The molecule has 0 spiro atoms. The van der Waals surface area contributed by atoms with Gasteiger partial charge in [-0.05, 0) is 18.6 Å². The number of H-pyrrole nitrogens is 1. The minimum atomic E-state index is 0.391. The SMILES string of the molecule is C=C1C=CC=C(c2cn[nH]c(=S)n2)C=CC1. The quantitative estimate of drug-likeness (QED) is 0.753. The number of nitrogens with zero attached hydrogens (tertiary/aromatic N) is 2. The van der Waals surface area contributed by atoms with Gasteiger partial charge in [-0.1, -0.05) is 42.5 Å². The van der Waals surface area contributed by atoms with Gasteiger partial charge in [-0.25, -0.2) is 4.98 Å². The maximum atomic E-state index is 4.94. The minimum absolute atomic E-state index is 0.391. The molecule has 1 N–H and O–H groups in total. The molecule has 0 bridgehead atoms. The van der Waals surface area contributed by atoms with Crippen LogP contribution in [0.4, 0.5) is 0 Å². The molecule has 80 valence electrons. The Bertz CT molecular complexity index is 549. The normalized spacial score (nSPS) is 15.5. The van der Waals surface area contributed by atoms with E-state index in [1.807, 2.05) is 24.3 Å². The van der Waals surface area contributed by atoms with Gasteiger partial charge in [-0.3, -0.25) is 5.10 Å². The van der Waals surface area contributed by atoms with Gasteiger partial charge in [0.15, 0.2) is 0 Å². The summed E-state index contributed by atoms with van der Waals surface area (Å²) in [4.78, 5) is 4.21. The standard InChI is InChI=1S/C12H11N3S/c1-9-4-2-6-10(7-3-5-9)11-8-13-15-12(16)14-11/h2-4,6-8H,1,5H2,(H,14,15,16). The van der Waals surface area contributed by atoms with E-state index in [4.69, 9.17) is 12.2 Å². The van der Waals surface area contributed by atoms with Gasteiger partial charge in [0.05, 0.1) is 11.9 Å². The molecule has 0 aromatic carbocycles. The zero-order chi connectivity index (χ0) is 11.4. The van der Waals surface area contributed by atoms with Gasteiger partial charge in [-0.15, -0.1) is 0 Å². The Balaban J connectivity index is 2.40. The van der Waals surface area contributed by atoms with E-state index in [2.05, 4.69) is 27.8 Å². The van der Waals surface area contributed by atoms with Crippen molar-refractivity contribution in [1.82, 2.24) is 15.2 Å². The molecule has 2 rings (SSSR count). The Hall–Kier alpha value is -1.81. The molecule has 0 aliphatic heterocycles. The fourth-order valence-electron chi connectivity index (χ4n) is 1.37. The monoisotopic (exact) mass is 229 g/mol. The lowest BCUT2D eigenvalue weighted by molar-refractivity contribution is 0.938. The van der Waals surface area contributed by atoms with Crippen molar-refractivity contribution in [2.24, 2.45) is 0 Å². The van der Waals surface area contributed by atoms with Crippen molar-refractivity contribution >= 4 is 17.8 Å². The summed E-state index contributed by atoms with van der Waals surface area (Å²) in [7, 11) is 0. The van der Waals surface area contributed by atoms with Crippen LogP contribution in [0.15, 0.2) is 48.7 Å². The summed E-state index contributed by atoms with van der Waals surface area (Å²) in [5, 5.41) is 6.54. The molecular weight excluding hydrogens is 218 g/mol. The largest absolute Gasteiger partial charge is 0.252 e. The van der Waals surface area contributed by atoms with Crippen LogP contribution < -0.4 is 0 Å². The maximum Gasteiger partial charge on any atom is 0.214 e. The lowest BCUT2D eigenvalue weighted by atomic mass is 10.1. The van der Waals surface area contributed by atoms with Crippen molar-refractivity contribution in [3.05, 3.63) is 59.2 Å². The molecule has 0 fully saturated rings. The van der Waals surface area contributed by atoms with E-state index < -0.39 is 0 Å². The topological polar surface area (TPSA) is 41.6 Å². The predicted octanol–water partition coefficient (Wildman–Crippen LogP) is 2.99. The van der Waals surface area contributed by atoms with Crippen molar-refractivity contribution in [3.8, 4) is 0 Å². The molecule has 0 atom stereocenters. The molecule has 0 radical (unpaired) electrons. The first kappa shape index (κ1) is 10.7. The Morgan fingerprint density at radius 1 is 1.38 bits per heavy atom. The van der Waals surface area contributed by atoms with E-state index >= 15 is 0 Å². The van der Waals surface area contributed by atoms with Gasteiger partial charge in [0, 0.05) is 5.57 Å². The van der Waals surface area contributed by atoms with E-state index in [9.17, 15) is 0 Å². The Morgan fingerprint density at radius 3 is 3.06 bits per heavy atom. The molecular formula is C12H11N3S. The van der Waals surface area contributed by atoms with E-state index in [0.717, 1.165) is 23.3 Å². The molecule has 1 aromatic heterocycles. The predicted molar refractivity (Wildman–Crippen MR) is 67.2 cm³/mol. The minimum Gasteiger partial charge on any atom is -0.252 e. The molecule has 4 heteroatoms. The number of aromatic nitrogens is 3. The van der Waals surface area contributed by atoms with Crippen molar-refractivity contribution in [1.29, 1.82) is 0 Å². The molecule has 0 unspecified atom stereocenters. The summed E-state index contributed by atoms with van der Waals surface area (Å²) in [6.45, 7) is 3.91. The second-order valence-corrected chi connectivity index (χ2v) is 3.80. The molecule has 1 aliphatic carbocycles. The third kappa shape index (κ3) is 2.61. The summed E-state index contributed by atoms with van der Waals surface area (Å²) in [6, 6.07) is 0. The molecule has 0 saturated heterocycles. The Labute approximate surface area is 98.9 Å². The average Bonchev–Trinajstić information content (AvgIpc) is 2.23. The van der Waals surface area contributed by atoms with Gasteiger partial charge in [0.25, 0.3) is 0 Å². The third-order valence-electron chi connectivity index (χ3n) is 2.15. The smallest absolute Gasteiger partial charge is 0.214 e. The van der Waals surface area contributed by atoms with Gasteiger partial charge in [0.2, 0.25) is 4.77 Å². The summed E-state index contributed by atoms with van der Waals surface area (Å²) in [5.74, 6) is 0. The number of hydrogen-bond donors (Lipinski definition) is 1. The van der Waals surface area contributed by atoms with E-state index in [1.54, 1.807) is 6.20 Å². The van der Waals surface area contributed by atoms with Crippen molar-refractivity contribution in [2.75, 3.05) is 0 Å². The summed E-state index contributed by atoms with van der Waals surface area (Å²) in [6.07, 6.45) is 12.5. The van der Waals surface area contributed by atoms with Crippen LogP contribution in [0.3, 0.4) is 0 Å².